The van der Waals surface area contributed by atoms with Crippen LogP contribution in [-0.2, 0) is 16.0 Å². The molecule has 1 aliphatic carbocycles. The van der Waals surface area contributed by atoms with Crippen molar-refractivity contribution in [1.82, 2.24) is 4.90 Å². The van der Waals surface area contributed by atoms with E-state index in [9.17, 15) is 23.9 Å². The van der Waals surface area contributed by atoms with Gasteiger partial charge in [0.1, 0.15) is 11.7 Å². The molecule has 25 heavy (non-hydrogen) atoms. The van der Waals surface area contributed by atoms with Crippen LogP contribution in [0.5, 0.6) is 0 Å². The molecule has 1 aromatic rings. The summed E-state index contributed by atoms with van der Waals surface area (Å²) in [4.78, 5) is 38.6. The first-order chi connectivity index (χ1) is 11.8. The summed E-state index contributed by atoms with van der Waals surface area (Å²) < 4.78 is 14.1. The predicted molar refractivity (Wildman–Crippen MR) is 88.8 cm³/mol. The lowest BCUT2D eigenvalue weighted by atomic mass is 9.78. The number of hydrogen-bond acceptors (Lipinski definition) is 4. The lowest BCUT2D eigenvalue weighted by Gasteiger charge is -2.42. The Hall–Kier alpha value is -2.28. The lowest BCUT2D eigenvalue weighted by Crippen LogP contribution is -2.56. The van der Waals surface area contributed by atoms with Crippen molar-refractivity contribution >= 4 is 23.3 Å². The fraction of sp³-hybridized carbons (Fsp3) is 0.500. The van der Waals surface area contributed by atoms with Gasteiger partial charge >= 0.3 is 0 Å². The van der Waals surface area contributed by atoms with Crippen molar-refractivity contribution in [2.24, 2.45) is 5.92 Å². The van der Waals surface area contributed by atoms with Gasteiger partial charge < -0.3 is 15.3 Å². The molecule has 2 atom stereocenters. The van der Waals surface area contributed by atoms with E-state index in [0.29, 0.717) is 30.5 Å². The number of hydrogen-bond donors (Lipinski definition) is 2. The number of fused-ring (bicyclic) bond motifs is 1. The molecule has 2 aliphatic rings. The number of likely N-dealkylation sites (tertiary alicyclic amines) is 1. The first-order valence-electron chi connectivity index (χ1n) is 8.40. The Morgan fingerprint density at radius 1 is 1.40 bits per heavy atom. The Balaban J connectivity index is 1.97. The molecule has 0 bridgehead atoms. The number of carbonyl (C=O) groups excluding carboxylic acids is 3. The smallest absolute Gasteiger partial charge is 0.233 e. The number of nitrogens with zero attached hydrogens (tertiary/aromatic N) is 1. The van der Waals surface area contributed by atoms with Gasteiger partial charge in [-0.3, -0.25) is 14.4 Å². The van der Waals surface area contributed by atoms with Crippen LogP contribution in [-0.4, -0.2) is 46.8 Å². The minimum atomic E-state index is -0.848. The zero-order valence-electron chi connectivity index (χ0n) is 14.3. The van der Waals surface area contributed by atoms with Crippen molar-refractivity contribution < 1.29 is 23.9 Å². The summed E-state index contributed by atoms with van der Waals surface area (Å²) in [5.74, 6) is -2.42. The van der Waals surface area contributed by atoms with Crippen molar-refractivity contribution in [3.63, 3.8) is 0 Å². The number of amides is 2. The van der Waals surface area contributed by atoms with Crippen LogP contribution in [0.4, 0.5) is 10.1 Å². The molecule has 0 spiro atoms. The van der Waals surface area contributed by atoms with E-state index >= 15 is 0 Å². The Kier molecular flexibility index (Phi) is 4.60. The van der Waals surface area contributed by atoms with Crippen molar-refractivity contribution in [2.75, 3.05) is 18.5 Å². The van der Waals surface area contributed by atoms with Crippen LogP contribution in [0, 0.1) is 18.7 Å². The Morgan fingerprint density at radius 3 is 2.68 bits per heavy atom. The molecule has 0 aromatic heterocycles. The molecular weight excluding hydrogens is 327 g/mol. The summed E-state index contributed by atoms with van der Waals surface area (Å²) in [7, 11) is 0. The van der Waals surface area contributed by atoms with Crippen LogP contribution < -0.4 is 5.32 Å². The molecule has 1 aliphatic heterocycles. The fourth-order valence-corrected chi connectivity index (χ4v) is 3.63. The largest absolute Gasteiger partial charge is 0.394 e. The number of rotatable bonds is 3. The SMILES string of the molecule is CC(=O)Nc1cc(F)c(C)c2c1C(=O)C(C(=O)N1CCC1CO)CC2. The molecule has 1 fully saturated rings. The second kappa shape index (κ2) is 6.55. The number of Topliss-reactive ketones (excluding diaryl/α,β-unsaturated/α-hetero) is 1. The van der Waals surface area contributed by atoms with E-state index in [2.05, 4.69) is 5.32 Å². The minimum Gasteiger partial charge on any atom is -0.394 e. The maximum atomic E-state index is 14.1. The summed E-state index contributed by atoms with van der Waals surface area (Å²) in [6.45, 7) is 3.29. The van der Waals surface area contributed by atoms with E-state index in [4.69, 9.17) is 0 Å². The molecule has 3 rings (SSSR count). The molecule has 2 unspecified atom stereocenters. The predicted octanol–water partition coefficient (Wildman–Crippen LogP) is 1.43. The van der Waals surface area contributed by atoms with E-state index in [1.165, 1.54) is 11.8 Å². The summed E-state index contributed by atoms with van der Waals surface area (Å²) >= 11 is 0. The van der Waals surface area contributed by atoms with Gasteiger partial charge in [0, 0.05) is 19.0 Å². The molecule has 1 aromatic carbocycles. The van der Waals surface area contributed by atoms with Crippen LogP contribution in [0.25, 0.3) is 0 Å². The van der Waals surface area contributed by atoms with Crippen molar-refractivity contribution in [3.05, 3.63) is 28.6 Å². The Bertz CT molecular complexity index is 760. The number of ketones is 1. The molecule has 134 valence electrons. The third kappa shape index (κ3) is 2.93. The molecule has 7 heteroatoms. The van der Waals surface area contributed by atoms with Gasteiger partial charge in [-0.25, -0.2) is 4.39 Å². The highest BCUT2D eigenvalue weighted by molar-refractivity contribution is 6.15. The number of halogens is 1. The highest BCUT2D eigenvalue weighted by Gasteiger charge is 2.42. The average molecular weight is 348 g/mol. The third-order valence-corrected chi connectivity index (χ3v) is 5.15. The van der Waals surface area contributed by atoms with Crippen LogP contribution in [0.2, 0.25) is 0 Å². The van der Waals surface area contributed by atoms with E-state index in [-0.39, 0.29) is 35.6 Å². The van der Waals surface area contributed by atoms with Gasteiger partial charge in [-0.2, -0.15) is 0 Å². The van der Waals surface area contributed by atoms with Crippen LogP contribution in [0.1, 0.15) is 41.3 Å². The summed E-state index contributed by atoms with van der Waals surface area (Å²) in [5.41, 5.74) is 1.29. The maximum Gasteiger partial charge on any atom is 0.233 e. The van der Waals surface area contributed by atoms with Gasteiger partial charge in [-0.15, -0.1) is 0 Å². The number of aliphatic hydroxyl groups is 1. The number of nitrogens with one attached hydrogen (secondary N) is 1. The zero-order chi connectivity index (χ0) is 18.3. The summed E-state index contributed by atoms with van der Waals surface area (Å²) in [5, 5.41) is 11.8. The highest BCUT2D eigenvalue weighted by atomic mass is 19.1. The molecule has 0 radical (unpaired) electrons. The molecule has 0 saturated carbocycles. The first-order valence-corrected chi connectivity index (χ1v) is 8.40. The summed E-state index contributed by atoms with van der Waals surface area (Å²) in [6.07, 6.45) is 1.43. The monoisotopic (exact) mass is 348 g/mol. The van der Waals surface area contributed by atoms with Gasteiger partial charge in [-0.05, 0) is 43.4 Å². The van der Waals surface area contributed by atoms with Gasteiger partial charge in [0.05, 0.1) is 18.3 Å². The van der Waals surface area contributed by atoms with Gasteiger partial charge in [0.15, 0.2) is 5.78 Å². The molecule has 6 nitrogen and oxygen atoms in total. The van der Waals surface area contributed by atoms with Gasteiger partial charge in [-0.1, -0.05) is 0 Å². The van der Waals surface area contributed by atoms with Crippen molar-refractivity contribution in [1.29, 1.82) is 0 Å². The van der Waals surface area contributed by atoms with Crippen LogP contribution >= 0.6 is 0 Å². The van der Waals surface area contributed by atoms with E-state index in [0.717, 1.165) is 12.5 Å². The fourth-order valence-electron chi connectivity index (χ4n) is 3.63. The second-order valence-corrected chi connectivity index (χ2v) is 6.68. The normalized spacial score (nSPS) is 22.2. The quantitative estimate of drug-likeness (QED) is 0.809. The second-order valence-electron chi connectivity index (χ2n) is 6.68. The molecule has 2 N–H and O–H groups in total. The van der Waals surface area contributed by atoms with E-state index in [1.807, 2.05) is 0 Å². The van der Waals surface area contributed by atoms with Gasteiger partial charge in [0.25, 0.3) is 0 Å². The Labute approximate surface area is 145 Å². The van der Waals surface area contributed by atoms with Crippen molar-refractivity contribution in [3.8, 4) is 0 Å². The van der Waals surface area contributed by atoms with Crippen LogP contribution in [0.15, 0.2) is 6.07 Å². The average Bonchev–Trinajstić information content (AvgIpc) is 2.50. The Morgan fingerprint density at radius 2 is 2.12 bits per heavy atom. The molecule has 2 amide bonds. The van der Waals surface area contributed by atoms with Crippen LogP contribution in [0.3, 0.4) is 0 Å². The topological polar surface area (TPSA) is 86.7 Å². The number of anilines is 1. The van der Waals surface area contributed by atoms with Crippen molar-refractivity contribution in [2.45, 2.75) is 39.2 Å². The number of carbonyl (C=O) groups is 3. The molecule has 1 heterocycles. The lowest BCUT2D eigenvalue weighted by molar-refractivity contribution is -0.143. The van der Waals surface area contributed by atoms with Gasteiger partial charge in [0.2, 0.25) is 11.8 Å². The minimum absolute atomic E-state index is 0.120. The van der Waals surface area contributed by atoms with E-state index < -0.39 is 17.6 Å². The standard InChI is InChI=1S/C18H21FN2O4/c1-9-12-3-4-13(18(25)21-6-5-11(21)8-22)17(24)16(12)15(7-14(9)19)20-10(2)23/h7,11,13,22H,3-6,8H2,1-2H3,(H,20,23). The number of benzene rings is 1. The third-order valence-electron chi connectivity index (χ3n) is 5.15. The zero-order valence-corrected chi connectivity index (χ0v) is 14.3. The maximum absolute atomic E-state index is 14.1. The molecule has 1 saturated heterocycles. The van der Waals surface area contributed by atoms with E-state index in [1.54, 1.807) is 6.92 Å². The number of aliphatic hydroxyl groups excluding tert-OH is 1. The summed E-state index contributed by atoms with van der Waals surface area (Å²) in [6, 6.07) is 0.909. The highest BCUT2D eigenvalue weighted by Crippen LogP contribution is 2.36. The first kappa shape index (κ1) is 17.5. The molecular formula is C18H21FN2O4.